The fourth-order valence-corrected chi connectivity index (χ4v) is 3.88. The number of aromatic nitrogens is 2. The van der Waals surface area contributed by atoms with Crippen LogP contribution in [0.2, 0.25) is 0 Å². The van der Waals surface area contributed by atoms with E-state index in [2.05, 4.69) is 20.9 Å². The number of nitrogens with zero attached hydrogens (tertiary/aromatic N) is 3. The predicted molar refractivity (Wildman–Crippen MR) is 149 cm³/mol. The zero-order valence-corrected chi connectivity index (χ0v) is 23.5. The number of aryl methyl sites for hydroxylation is 1. The minimum atomic E-state index is -2.74. The van der Waals surface area contributed by atoms with Gasteiger partial charge in [0, 0.05) is 25.2 Å². The summed E-state index contributed by atoms with van der Waals surface area (Å²) in [6, 6.07) is 13.9. The fraction of sp³-hybridized carbons (Fsp3) is 0.393. The van der Waals surface area contributed by atoms with Gasteiger partial charge in [0.25, 0.3) is 0 Å². The smallest absolute Gasteiger partial charge is 0.336 e. The van der Waals surface area contributed by atoms with Gasteiger partial charge in [-0.15, -0.1) is 0 Å². The Morgan fingerprint density at radius 3 is 2.17 bits per heavy atom. The quantitative estimate of drug-likeness (QED) is 0.200. The molecule has 0 bridgehead atoms. The number of amides is 1. The summed E-state index contributed by atoms with van der Waals surface area (Å²) < 4.78 is 5.45. The molecule has 2 aromatic carbocycles. The van der Waals surface area contributed by atoms with Gasteiger partial charge in [-0.05, 0) is 44.8 Å². The molecule has 13 heteroatoms. The lowest BCUT2D eigenvalue weighted by Crippen LogP contribution is -2.42. The number of ether oxygens (including phenoxy) is 1. The van der Waals surface area contributed by atoms with Gasteiger partial charge >= 0.3 is 17.9 Å². The molecule has 0 aliphatic rings. The van der Waals surface area contributed by atoms with Crippen molar-refractivity contribution in [2.75, 3.05) is 34.3 Å². The molecule has 222 valence electrons. The lowest BCUT2D eigenvalue weighted by atomic mass is 9.96. The van der Waals surface area contributed by atoms with Crippen LogP contribution in [-0.2, 0) is 32.1 Å². The van der Waals surface area contributed by atoms with E-state index in [1.807, 2.05) is 62.3 Å². The normalized spacial score (nSPS) is 11.1. The van der Waals surface area contributed by atoms with Gasteiger partial charge < -0.3 is 39.9 Å². The minimum Gasteiger partial charge on any atom is -0.496 e. The number of aliphatic carboxylic acids is 3. The molecular weight excluding hydrogens is 536 g/mol. The number of fused-ring (bicyclic) bond motifs is 1. The number of carboxylic acid groups (broad SMARTS) is 3. The van der Waals surface area contributed by atoms with Crippen LogP contribution in [0.25, 0.3) is 11.0 Å². The Labute approximate surface area is 237 Å². The average Bonchev–Trinajstić information content (AvgIpc) is 3.27. The van der Waals surface area contributed by atoms with E-state index in [1.54, 1.807) is 7.11 Å². The SMILES string of the molecule is COc1ccccc1CN(CCN(C)C)C(=O)Cc1nc2ccc(C)cc2[nH]1.O=C(O)CC(O)(CC(=O)O)C(=O)O. The lowest BCUT2D eigenvalue weighted by Gasteiger charge is -2.25. The van der Waals surface area contributed by atoms with Crippen molar-refractivity contribution in [2.45, 2.75) is 38.3 Å². The third-order valence-corrected chi connectivity index (χ3v) is 6.01. The summed E-state index contributed by atoms with van der Waals surface area (Å²) in [4.78, 5) is 55.4. The van der Waals surface area contributed by atoms with Crippen LogP contribution >= 0.6 is 0 Å². The first kappa shape index (κ1) is 32.7. The molecule has 0 unspecified atom stereocenters. The first-order chi connectivity index (χ1) is 19.2. The number of carboxylic acids is 3. The number of methoxy groups -OCH3 is 1. The van der Waals surface area contributed by atoms with Crippen LogP contribution in [-0.4, -0.2) is 104 Å². The highest BCUT2D eigenvalue weighted by Gasteiger charge is 2.40. The maximum absolute atomic E-state index is 13.1. The Morgan fingerprint density at radius 2 is 1.61 bits per heavy atom. The maximum atomic E-state index is 13.1. The Morgan fingerprint density at radius 1 is 0.976 bits per heavy atom. The number of hydrogen-bond donors (Lipinski definition) is 5. The lowest BCUT2D eigenvalue weighted by molar-refractivity contribution is -0.170. The second-order valence-electron chi connectivity index (χ2n) is 9.79. The molecule has 0 aliphatic heterocycles. The zero-order chi connectivity index (χ0) is 30.7. The zero-order valence-electron chi connectivity index (χ0n) is 23.5. The van der Waals surface area contributed by atoms with E-state index in [9.17, 15) is 19.2 Å². The van der Waals surface area contributed by atoms with Crippen molar-refractivity contribution in [3.8, 4) is 5.75 Å². The van der Waals surface area contributed by atoms with Crippen LogP contribution in [0.3, 0.4) is 0 Å². The van der Waals surface area contributed by atoms with Crippen molar-refractivity contribution in [3.63, 3.8) is 0 Å². The predicted octanol–water partition coefficient (Wildman–Crippen LogP) is 1.76. The summed E-state index contributed by atoms with van der Waals surface area (Å²) in [5.74, 6) is -3.48. The largest absolute Gasteiger partial charge is 0.496 e. The van der Waals surface area contributed by atoms with Crippen LogP contribution in [0, 0.1) is 6.92 Å². The molecule has 0 radical (unpaired) electrons. The highest BCUT2D eigenvalue weighted by molar-refractivity contribution is 5.88. The number of carbonyl (C=O) groups is 4. The molecule has 13 nitrogen and oxygen atoms in total. The second-order valence-corrected chi connectivity index (χ2v) is 9.79. The molecule has 1 aromatic heterocycles. The van der Waals surface area contributed by atoms with Crippen LogP contribution in [0.5, 0.6) is 5.75 Å². The Balaban J connectivity index is 0.000000383. The van der Waals surface area contributed by atoms with E-state index in [4.69, 9.17) is 25.2 Å². The molecular formula is C28H36N4O9. The number of benzene rings is 2. The maximum Gasteiger partial charge on any atom is 0.336 e. The van der Waals surface area contributed by atoms with Gasteiger partial charge in [-0.25, -0.2) is 9.78 Å². The van der Waals surface area contributed by atoms with E-state index in [0.29, 0.717) is 18.9 Å². The topological polar surface area (TPSA) is 194 Å². The van der Waals surface area contributed by atoms with Gasteiger partial charge in [0.15, 0.2) is 5.60 Å². The highest BCUT2D eigenvalue weighted by atomic mass is 16.5. The number of H-pyrrole nitrogens is 1. The molecule has 1 amide bonds. The Hall–Kier alpha value is -4.49. The molecule has 5 N–H and O–H groups in total. The van der Waals surface area contributed by atoms with Crippen molar-refractivity contribution in [1.82, 2.24) is 19.8 Å². The summed E-state index contributed by atoms with van der Waals surface area (Å²) >= 11 is 0. The molecule has 41 heavy (non-hydrogen) atoms. The molecule has 3 rings (SSSR count). The summed E-state index contributed by atoms with van der Waals surface area (Å²) in [5.41, 5.74) is 1.28. The van der Waals surface area contributed by atoms with Crippen molar-refractivity contribution in [3.05, 3.63) is 59.4 Å². The van der Waals surface area contributed by atoms with E-state index in [1.165, 1.54) is 0 Å². The van der Waals surface area contributed by atoms with Gasteiger partial charge in [0.2, 0.25) is 5.91 Å². The number of para-hydroxylation sites is 1. The van der Waals surface area contributed by atoms with E-state index < -0.39 is 36.4 Å². The summed E-state index contributed by atoms with van der Waals surface area (Å²) in [7, 11) is 5.67. The monoisotopic (exact) mass is 572 g/mol. The van der Waals surface area contributed by atoms with Gasteiger partial charge in [-0.1, -0.05) is 24.3 Å². The van der Waals surface area contributed by atoms with Crippen LogP contribution in [0.4, 0.5) is 0 Å². The highest BCUT2D eigenvalue weighted by Crippen LogP contribution is 2.20. The fourth-order valence-electron chi connectivity index (χ4n) is 3.88. The Kier molecular flexibility index (Phi) is 11.8. The number of imidazole rings is 1. The van der Waals surface area contributed by atoms with E-state index >= 15 is 0 Å². The number of hydrogen-bond acceptors (Lipinski definition) is 8. The molecule has 0 saturated heterocycles. The number of nitrogens with one attached hydrogen (secondary N) is 1. The third kappa shape index (κ3) is 10.2. The van der Waals surface area contributed by atoms with Gasteiger partial charge in [0.1, 0.15) is 11.6 Å². The number of likely N-dealkylation sites (N-methyl/N-ethyl adjacent to an activating group) is 1. The van der Waals surface area contributed by atoms with Crippen molar-refractivity contribution >= 4 is 34.8 Å². The second kappa shape index (κ2) is 14.8. The van der Waals surface area contributed by atoms with Crippen molar-refractivity contribution in [1.29, 1.82) is 0 Å². The molecule has 0 atom stereocenters. The standard InChI is InChI=1S/C22H28N4O2.C6H8O7/c1-16-9-10-18-19(13-16)24-21(23-18)14-22(27)26(12-11-25(2)3)15-17-7-5-6-8-20(17)28-4;7-3(8)1-6(13,5(11)12)2-4(9)10/h5-10,13H,11-12,14-15H2,1-4H3,(H,23,24);13H,1-2H2,(H,7,8)(H,9,10)(H,11,12). The van der Waals surface area contributed by atoms with E-state index in [-0.39, 0.29) is 12.3 Å². The van der Waals surface area contributed by atoms with Crippen molar-refractivity contribution < 1.29 is 44.3 Å². The van der Waals surface area contributed by atoms with Crippen LogP contribution in [0.1, 0.15) is 29.8 Å². The molecule has 0 spiro atoms. The molecule has 0 aliphatic carbocycles. The molecule has 1 heterocycles. The first-order valence-corrected chi connectivity index (χ1v) is 12.6. The first-order valence-electron chi connectivity index (χ1n) is 12.6. The number of aromatic amines is 1. The number of aliphatic hydroxyl groups is 1. The van der Waals surface area contributed by atoms with E-state index in [0.717, 1.165) is 34.5 Å². The molecule has 0 fully saturated rings. The van der Waals surface area contributed by atoms with Crippen LogP contribution in [0.15, 0.2) is 42.5 Å². The van der Waals surface area contributed by atoms with Gasteiger partial charge in [-0.2, -0.15) is 0 Å². The van der Waals surface area contributed by atoms with Crippen molar-refractivity contribution in [2.24, 2.45) is 0 Å². The number of carbonyl (C=O) groups excluding carboxylic acids is 1. The molecule has 0 saturated carbocycles. The molecule has 3 aromatic rings. The average molecular weight is 573 g/mol. The summed E-state index contributed by atoms with van der Waals surface area (Å²) in [5, 5.41) is 33.8. The van der Waals surface area contributed by atoms with Crippen LogP contribution < -0.4 is 4.74 Å². The number of rotatable bonds is 13. The Bertz CT molecular complexity index is 1350. The summed E-state index contributed by atoms with van der Waals surface area (Å²) in [6.07, 6.45) is -2.04. The van der Waals surface area contributed by atoms with Gasteiger partial charge in [-0.3, -0.25) is 14.4 Å². The third-order valence-electron chi connectivity index (χ3n) is 6.01. The van der Waals surface area contributed by atoms with Gasteiger partial charge in [0.05, 0.1) is 37.4 Å². The summed E-state index contributed by atoms with van der Waals surface area (Å²) in [6.45, 7) is 3.99. The minimum absolute atomic E-state index is 0.0449.